The molecule has 0 aliphatic heterocycles. The summed E-state index contributed by atoms with van der Waals surface area (Å²) >= 11 is 3.49. The highest BCUT2D eigenvalue weighted by molar-refractivity contribution is 9.10. The molecule has 1 unspecified atom stereocenters. The third kappa shape index (κ3) is 3.84. The van der Waals surface area contributed by atoms with Crippen molar-refractivity contribution >= 4 is 33.2 Å². The molecule has 4 heteroatoms. The lowest BCUT2D eigenvalue weighted by Gasteiger charge is -2.16. The van der Waals surface area contributed by atoms with E-state index < -0.39 is 0 Å². The molecule has 0 spiro atoms. The van der Waals surface area contributed by atoms with E-state index in [0.717, 1.165) is 21.4 Å². The van der Waals surface area contributed by atoms with Crippen LogP contribution in [0, 0.1) is 6.92 Å². The van der Waals surface area contributed by atoms with E-state index in [1.54, 1.807) is 0 Å². The van der Waals surface area contributed by atoms with Crippen LogP contribution in [0.5, 0.6) is 0 Å². The van der Waals surface area contributed by atoms with E-state index >= 15 is 0 Å². The van der Waals surface area contributed by atoms with Crippen LogP contribution in [-0.2, 0) is 4.79 Å². The number of carbonyl (C=O) groups excluding carboxylic acids is 1. The smallest absolute Gasteiger partial charge is 0.246 e. The number of nitrogens with one attached hydrogen (secondary N) is 2. The summed E-state index contributed by atoms with van der Waals surface area (Å²) in [6.07, 6.45) is 0. The zero-order chi connectivity index (χ0) is 14.5. The summed E-state index contributed by atoms with van der Waals surface area (Å²) in [5.41, 5.74) is 2.88. The van der Waals surface area contributed by atoms with Gasteiger partial charge in [-0.1, -0.05) is 40.2 Å². The molecule has 2 aromatic rings. The minimum Gasteiger partial charge on any atom is -0.374 e. The van der Waals surface area contributed by atoms with Gasteiger partial charge < -0.3 is 10.6 Å². The molecule has 0 bridgehead atoms. The highest BCUT2D eigenvalue weighted by atomic mass is 79.9. The maximum atomic E-state index is 12.1. The van der Waals surface area contributed by atoms with Gasteiger partial charge in [0.15, 0.2) is 0 Å². The van der Waals surface area contributed by atoms with Crippen molar-refractivity contribution in [1.29, 1.82) is 0 Å². The third-order valence-electron chi connectivity index (χ3n) is 2.99. The van der Waals surface area contributed by atoms with Crippen LogP contribution >= 0.6 is 15.9 Å². The summed E-state index contributed by atoms with van der Waals surface area (Å²) < 4.78 is 1.03. The monoisotopic (exact) mass is 332 g/mol. The minimum atomic E-state index is -0.315. The number of benzene rings is 2. The number of halogens is 1. The molecular weight excluding hydrogens is 316 g/mol. The lowest BCUT2D eigenvalue weighted by Crippen LogP contribution is -2.31. The number of hydrogen-bond acceptors (Lipinski definition) is 2. The van der Waals surface area contributed by atoms with E-state index in [9.17, 15) is 4.79 Å². The molecule has 0 aliphatic carbocycles. The quantitative estimate of drug-likeness (QED) is 0.881. The Morgan fingerprint density at radius 2 is 1.80 bits per heavy atom. The van der Waals surface area contributed by atoms with Crippen LogP contribution in [0.3, 0.4) is 0 Å². The standard InChI is InChI=1S/C16H17BrN2O/c1-11-8-9-14(10-15(11)17)18-12(2)16(20)19-13-6-4-3-5-7-13/h3-10,12,18H,1-2H3,(H,19,20). The highest BCUT2D eigenvalue weighted by Gasteiger charge is 2.12. The summed E-state index contributed by atoms with van der Waals surface area (Å²) in [6.45, 7) is 3.87. The topological polar surface area (TPSA) is 41.1 Å². The Bertz CT molecular complexity index is 599. The summed E-state index contributed by atoms with van der Waals surface area (Å²) in [5, 5.41) is 6.06. The molecule has 2 N–H and O–H groups in total. The van der Waals surface area contributed by atoms with Gasteiger partial charge in [0.05, 0.1) is 0 Å². The van der Waals surface area contributed by atoms with Crippen LogP contribution < -0.4 is 10.6 Å². The zero-order valence-corrected chi connectivity index (χ0v) is 13.1. The molecule has 0 aromatic heterocycles. The molecule has 1 amide bonds. The van der Waals surface area contributed by atoms with E-state index in [1.165, 1.54) is 0 Å². The molecule has 0 saturated carbocycles. The lowest BCUT2D eigenvalue weighted by molar-refractivity contribution is -0.116. The number of aryl methyl sites for hydroxylation is 1. The van der Waals surface area contributed by atoms with Crippen molar-refractivity contribution < 1.29 is 4.79 Å². The van der Waals surface area contributed by atoms with Gasteiger partial charge in [0, 0.05) is 15.8 Å². The van der Waals surface area contributed by atoms with E-state index in [-0.39, 0.29) is 11.9 Å². The number of carbonyl (C=O) groups is 1. The first kappa shape index (κ1) is 14.6. The van der Waals surface area contributed by atoms with Crippen LogP contribution in [0.1, 0.15) is 12.5 Å². The van der Waals surface area contributed by atoms with E-state index in [4.69, 9.17) is 0 Å². The van der Waals surface area contributed by atoms with Gasteiger partial charge in [-0.2, -0.15) is 0 Å². The van der Waals surface area contributed by atoms with Crippen molar-refractivity contribution in [3.05, 3.63) is 58.6 Å². The third-order valence-corrected chi connectivity index (χ3v) is 3.84. The Balaban J connectivity index is 1.98. The Kier molecular flexibility index (Phi) is 4.79. The first-order chi connectivity index (χ1) is 9.56. The van der Waals surface area contributed by atoms with Crippen molar-refractivity contribution in [3.8, 4) is 0 Å². The van der Waals surface area contributed by atoms with Crippen molar-refractivity contribution in [1.82, 2.24) is 0 Å². The predicted octanol–water partition coefficient (Wildman–Crippen LogP) is 4.20. The fourth-order valence-electron chi connectivity index (χ4n) is 1.77. The highest BCUT2D eigenvalue weighted by Crippen LogP contribution is 2.21. The maximum absolute atomic E-state index is 12.1. The van der Waals surface area contributed by atoms with Crippen molar-refractivity contribution in [2.75, 3.05) is 10.6 Å². The van der Waals surface area contributed by atoms with Crippen LogP contribution in [0.15, 0.2) is 53.0 Å². The fraction of sp³-hybridized carbons (Fsp3) is 0.188. The molecule has 1 atom stereocenters. The van der Waals surface area contributed by atoms with Gasteiger partial charge in [0.2, 0.25) is 5.91 Å². The van der Waals surface area contributed by atoms with Gasteiger partial charge in [-0.15, -0.1) is 0 Å². The van der Waals surface area contributed by atoms with Crippen LogP contribution in [0.4, 0.5) is 11.4 Å². The first-order valence-corrected chi connectivity index (χ1v) is 7.24. The van der Waals surface area contributed by atoms with E-state index in [1.807, 2.05) is 62.4 Å². The molecular formula is C16H17BrN2O. The Morgan fingerprint density at radius 3 is 2.45 bits per heavy atom. The molecule has 0 heterocycles. The minimum absolute atomic E-state index is 0.0621. The van der Waals surface area contributed by atoms with Crippen LogP contribution in [0.25, 0.3) is 0 Å². The second kappa shape index (κ2) is 6.57. The SMILES string of the molecule is Cc1ccc(NC(C)C(=O)Nc2ccccc2)cc1Br. The van der Waals surface area contributed by atoms with Gasteiger partial charge in [0.1, 0.15) is 6.04 Å². The maximum Gasteiger partial charge on any atom is 0.246 e. The number of amides is 1. The van der Waals surface area contributed by atoms with Crippen LogP contribution in [-0.4, -0.2) is 11.9 Å². The van der Waals surface area contributed by atoms with Gasteiger partial charge in [-0.3, -0.25) is 4.79 Å². The van der Waals surface area contributed by atoms with Gasteiger partial charge in [-0.25, -0.2) is 0 Å². The van der Waals surface area contributed by atoms with Gasteiger partial charge in [0.25, 0.3) is 0 Å². The molecule has 0 radical (unpaired) electrons. The number of anilines is 2. The molecule has 2 aromatic carbocycles. The van der Waals surface area contributed by atoms with Crippen LogP contribution in [0.2, 0.25) is 0 Å². The molecule has 3 nitrogen and oxygen atoms in total. The van der Waals surface area contributed by atoms with Crippen molar-refractivity contribution in [3.63, 3.8) is 0 Å². The Hall–Kier alpha value is -1.81. The second-order valence-electron chi connectivity index (χ2n) is 4.69. The molecule has 0 aliphatic rings. The van der Waals surface area contributed by atoms with Crippen molar-refractivity contribution in [2.24, 2.45) is 0 Å². The molecule has 104 valence electrons. The van der Waals surface area contributed by atoms with E-state index in [0.29, 0.717) is 0 Å². The number of rotatable bonds is 4. The normalized spacial score (nSPS) is 11.8. The summed E-state index contributed by atoms with van der Waals surface area (Å²) in [7, 11) is 0. The molecule has 0 fully saturated rings. The van der Waals surface area contributed by atoms with Gasteiger partial charge in [-0.05, 0) is 43.7 Å². The zero-order valence-electron chi connectivity index (χ0n) is 11.5. The van der Waals surface area contributed by atoms with Crippen molar-refractivity contribution in [2.45, 2.75) is 19.9 Å². The number of hydrogen-bond donors (Lipinski definition) is 2. The van der Waals surface area contributed by atoms with E-state index in [2.05, 4.69) is 26.6 Å². The number of para-hydroxylation sites is 1. The molecule has 20 heavy (non-hydrogen) atoms. The molecule has 2 rings (SSSR count). The summed E-state index contributed by atoms with van der Waals surface area (Å²) in [6, 6.07) is 15.1. The average Bonchev–Trinajstić information content (AvgIpc) is 2.44. The molecule has 0 saturated heterocycles. The first-order valence-electron chi connectivity index (χ1n) is 6.45. The largest absolute Gasteiger partial charge is 0.374 e. The predicted molar refractivity (Wildman–Crippen MR) is 87.0 cm³/mol. The fourth-order valence-corrected chi connectivity index (χ4v) is 2.15. The Labute approximate surface area is 127 Å². The summed E-state index contributed by atoms with van der Waals surface area (Å²) in [5.74, 6) is -0.0621. The summed E-state index contributed by atoms with van der Waals surface area (Å²) in [4.78, 5) is 12.1. The van der Waals surface area contributed by atoms with Gasteiger partial charge >= 0.3 is 0 Å². The lowest BCUT2D eigenvalue weighted by atomic mass is 10.2. The average molecular weight is 333 g/mol. The Morgan fingerprint density at radius 1 is 1.10 bits per heavy atom. The second-order valence-corrected chi connectivity index (χ2v) is 5.54.